The summed E-state index contributed by atoms with van der Waals surface area (Å²) in [6.07, 6.45) is 4.81. The zero-order valence-corrected chi connectivity index (χ0v) is 17.3. The molecule has 1 heterocycles. The zero-order valence-electron chi connectivity index (χ0n) is 17.3. The number of fused-ring (bicyclic) bond motifs is 2. The van der Waals surface area contributed by atoms with Crippen LogP contribution in [0.1, 0.15) is 18.9 Å². The molecule has 0 spiro atoms. The van der Waals surface area contributed by atoms with Gasteiger partial charge in [0, 0.05) is 24.9 Å². The average Bonchev–Trinajstić information content (AvgIpc) is 3.26. The van der Waals surface area contributed by atoms with Gasteiger partial charge >= 0.3 is 0 Å². The quantitative estimate of drug-likeness (QED) is 0.276. The number of imidazole rings is 1. The molecule has 0 atom stereocenters. The van der Waals surface area contributed by atoms with E-state index >= 15 is 0 Å². The number of aromatic nitrogens is 2. The SMILES string of the molecule is C=N/C(=C\NCCNCCC)c1ccc2cc(-c3ccc4nc[nH]c4c3)ccc2c1. The topological polar surface area (TPSA) is 65.1 Å². The molecule has 0 amide bonds. The summed E-state index contributed by atoms with van der Waals surface area (Å²) in [4.78, 5) is 11.7. The number of hydrogen-bond acceptors (Lipinski definition) is 4. The average molecular weight is 398 g/mol. The van der Waals surface area contributed by atoms with Gasteiger partial charge in [-0.3, -0.25) is 4.99 Å². The highest BCUT2D eigenvalue weighted by molar-refractivity contribution is 5.91. The van der Waals surface area contributed by atoms with Crippen molar-refractivity contribution in [2.75, 3.05) is 19.6 Å². The van der Waals surface area contributed by atoms with Crippen molar-refractivity contribution < 1.29 is 0 Å². The molecule has 0 aliphatic heterocycles. The maximum atomic E-state index is 4.29. The molecule has 0 fully saturated rings. The van der Waals surface area contributed by atoms with Crippen molar-refractivity contribution in [2.24, 2.45) is 4.99 Å². The molecule has 4 rings (SSSR count). The summed E-state index contributed by atoms with van der Waals surface area (Å²) >= 11 is 0. The predicted octanol–water partition coefficient (Wildman–Crippen LogP) is 4.97. The van der Waals surface area contributed by atoms with Crippen molar-refractivity contribution >= 4 is 34.2 Å². The van der Waals surface area contributed by atoms with Crippen LogP contribution in [0.15, 0.2) is 72.1 Å². The van der Waals surface area contributed by atoms with Crippen LogP contribution >= 0.6 is 0 Å². The lowest BCUT2D eigenvalue weighted by Gasteiger charge is -2.08. The third-order valence-electron chi connectivity index (χ3n) is 5.17. The van der Waals surface area contributed by atoms with Gasteiger partial charge in [0.2, 0.25) is 0 Å². The van der Waals surface area contributed by atoms with Crippen molar-refractivity contribution in [1.82, 2.24) is 20.6 Å². The van der Waals surface area contributed by atoms with E-state index in [-0.39, 0.29) is 0 Å². The Bertz CT molecular complexity index is 1190. The van der Waals surface area contributed by atoms with Crippen LogP contribution in [0.2, 0.25) is 0 Å². The van der Waals surface area contributed by atoms with Gasteiger partial charge in [0.15, 0.2) is 0 Å². The molecule has 0 aliphatic rings. The van der Waals surface area contributed by atoms with Gasteiger partial charge in [0.05, 0.1) is 23.1 Å². The summed E-state index contributed by atoms with van der Waals surface area (Å²) < 4.78 is 0. The maximum Gasteiger partial charge on any atom is 0.0931 e. The standard InChI is InChI=1S/C25H27N5/c1-3-10-27-11-12-28-16-25(26-2)22-7-6-18-13-19(4-5-20(18)14-22)21-8-9-23-24(15-21)30-17-29-23/h4-9,13-17,27-28H,2-3,10-12H2,1H3,(H,29,30)/b25-16-. The zero-order chi connectivity index (χ0) is 20.8. The van der Waals surface area contributed by atoms with Gasteiger partial charge in [0.25, 0.3) is 0 Å². The second-order valence-corrected chi connectivity index (χ2v) is 7.30. The van der Waals surface area contributed by atoms with E-state index in [9.17, 15) is 0 Å². The molecule has 1 aromatic heterocycles. The van der Waals surface area contributed by atoms with Crippen molar-refractivity contribution in [1.29, 1.82) is 0 Å². The first-order valence-corrected chi connectivity index (χ1v) is 10.4. The molecule has 0 unspecified atom stereocenters. The van der Waals surface area contributed by atoms with Gasteiger partial charge in [0.1, 0.15) is 0 Å². The van der Waals surface area contributed by atoms with Crippen LogP contribution in [-0.4, -0.2) is 36.3 Å². The molecule has 0 aliphatic carbocycles. The van der Waals surface area contributed by atoms with Crippen LogP contribution in [-0.2, 0) is 0 Å². The summed E-state index contributed by atoms with van der Waals surface area (Å²) in [7, 11) is 0. The van der Waals surface area contributed by atoms with Gasteiger partial charge in [-0.15, -0.1) is 0 Å². The minimum absolute atomic E-state index is 0.848. The lowest BCUT2D eigenvalue weighted by molar-refractivity contribution is 0.652. The number of aromatic amines is 1. The van der Waals surface area contributed by atoms with Crippen LogP contribution in [0, 0.1) is 0 Å². The van der Waals surface area contributed by atoms with Gasteiger partial charge in [-0.2, -0.15) is 0 Å². The Morgan fingerprint density at radius 2 is 1.80 bits per heavy atom. The molecule has 0 bridgehead atoms. The number of aliphatic imine (C=N–C) groups is 1. The fourth-order valence-electron chi connectivity index (χ4n) is 3.55. The Hall–Kier alpha value is -3.44. The summed E-state index contributed by atoms with van der Waals surface area (Å²) in [6, 6.07) is 19.2. The minimum Gasteiger partial charge on any atom is -0.388 e. The van der Waals surface area contributed by atoms with Gasteiger partial charge in [-0.05, 0) is 65.8 Å². The van der Waals surface area contributed by atoms with E-state index in [0.29, 0.717) is 0 Å². The number of hydrogen-bond donors (Lipinski definition) is 3. The molecule has 3 N–H and O–H groups in total. The first kappa shape index (κ1) is 19.9. The number of nitrogens with one attached hydrogen (secondary N) is 3. The third-order valence-corrected chi connectivity index (χ3v) is 5.17. The van der Waals surface area contributed by atoms with Crippen molar-refractivity contribution in [2.45, 2.75) is 13.3 Å². The van der Waals surface area contributed by atoms with Crippen LogP contribution in [0.3, 0.4) is 0 Å². The monoisotopic (exact) mass is 397 g/mol. The molecule has 0 saturated heterocycles. The predicted molar refractivity (Wildman–Crippen MR) is 128 cm³/mol. The molecule has 0 radical (unpaired) electrons. The molecule has 5 nitrogen and oxygen atoms in total. The highest BCUT2D eigenvalue weighted by Gasteiger charge is 2.05. The van der Waals surface area contributed by atoms with E-state index in [4.69, 9.17) is 0 Å². The van der Waals surface area contributed by atoms with Crippen molar-refractivity contribution in [3.63, 3.8) is 0 Å². The van der Waals surface area contributed by atoms with Crippen LogP contribution in [0.4, 0.5) is 0 Å². The molecule has 5 heteroatoms. The molecule has 4 aromatic rings. The van der Waals surface area contributed by atoms with Gasteiger partial charge in [-0.25, -0.2) is 4.98 Å². The van der Waals surface area contributed by atoms with Gasteiger partial charge in [-0.1, -0.05) is 37.3 Å². The molecular weight excluding hydrogens is 370 g/mol. The molecular formula is C25H27N5. The Morgan fingerprint density at radius 3 is 2.67 bits per heavy atom. The molecule has 3 aromatic carbocycles. The molecule has 0 saturated carbocycles. The molecule has 30 heavy (non-hydrogen) atoms. The summed E-state index contributed by atoms with van der Waals surface area (Å²) in [5, 5.41) is 9.07. The van der Waals surface area contributed by atoms with E-state index < -0.39 is 0 Å². The third kappa shape index (κ3) is 4.42. The highest BCUT2D eigenvalue weighted by atomic mass is 14.9. The second kappa shape index (κ2) is 9.37. The highest BCUT2D eigenvalue weighted by Crippen LogP contribution is 2.28. The number of rotatable bonds is 9. The minimum atomic E-state index is 0.848. The number of benzene rings is 3. The lowest BCUT2D eigenvalue weighted by Crippen LogP contribution is -2.25. The number of nitrogens with zero attached hydrogens (tertiary/aromatic N) is 2. The van der Waals surface area contributed by atoms with E-state index in [0.717, 1.165) is 48.3 Å². The van der Waals surface area contributed by atoms with Crippen LogP contribution in [0.5, 0.6) is 0 Å². The van der Waals surface area contributed by atoms with Crippen molar-refractivity contribution in [3.8, 4) is 11.1 Å². The fraction of sp³-hybridized carbons (Fsp3) is 0.200. The number of H-pyrrole nitrogens is 1. The summed E-state index contributed by atoms with van der Waals surface area (Å²) in [6.45, 7) is 8.74. The maximum absolute atomic E-state index is 4.29. The Kier molecular flexibility index (Phi) is 6.20. The van der Waals surface area contributed by atoms with E-state index in [1.807, 2.05) is 12.3 Å². The first-order chi connectivity index (χ1) is 14.8. The second-order valence-electron chi connectivity index (χ2n) is 7.30. The summed E-state index contributed by atoms with van der Waals surface area (Å²) in [5.41, 5.74) is 6.29. The van der Waals surface area contributed by atoms with Crippen molar-refractivity contribution in [3.05, 3.63) is 72.7 Å². The molecule has 152 valence electrons. The van der Waals surface area contributed by atoms with E-state index in [1.165, 1.54) is 21.9 Å². The van der Waals surface area contributed by atoms with E-state index in [2.05, 4.69) is 87.8 Å². The lowest BCUT2D eigenvalue weighted by atomic mass is 9.99. The Morgan fingerprint density at radius 1 is 1.00 bits per heavy atom. The van der Waals surface area contributed by atoms with Crippen LogP contribution < -0.4 is 10.6 Å². The normalized spacial score (nSPS) is 11.8. The Balaban J connectivity index is 1.54. The van der Waals surface area contributed by atoms with E-state index in [1.54, 1.807) is 6.33 Å². The van der Waals surface area contributed by atoms with Crippen LogP contribution in [0.25, 0.3) is 38.6 Å². The summed E-state index contributed by atoms with van der Waals surface area (Å²) in [5.74, 6) is 0. The fourth-order valence-corrected chi connectivity index (χ4v) is 3.55. The van der Waals surface area contributed by atoms with Gasteiger partial charge < -0.3 is 15.6 Å². The smallest absolute Gasteiger partial charge is 0.0931 e. The first-order valence-electron chi connectivity index (χ1n) is 10.4. The Labute approximate surface area is 177 Å². The largest absolute Gasteiger partial charge is 0.388 e.